The van der Waals surface area contributed by atoms with Crippen LogP contribution in [0.15, 0.2) is 0 Å². The van der Waals surface area contributed by atoms with Gasteiger partial charge < -0.3 is 4.90 Å². The van der Waals surface area contributed by atoms with Crippen LogP contribution in [0.5, 0.6) is 0 Å². The van der Waals surface area contributed by atoms with Crippen molar-refractivity contribution < 1.29 is 0 Å². The molecular formula is C15H33N. The van der Waals surface area contributed by atoms with Gasteiger partial charge in [-0.25, -0.2) is 0 Å². The van der Waals surface area contributed by atoms with E-state index in [4.69, 9.17) is 0 Å². The Labute approximate surface area is 104 Å². The fourth-order valence-corrected chi connectivity index (χ4v) is 2.37. The van der Waals surface area contributed by atoms with Gasteiger partial charge in [0.25, 0.3) is 0 Å². The molecule has 0 saturated carbocycles. The molecule has 1 nitrogen and oxygen atoms in total. The second-order valence-electron chi connectivity index (χ2n) is 4.99. The van der Waals surface area contributed by atoms with E-state index in [0.29, 0.717) is 0 Å². The highest BCUT2D eigenvalue weighted by Gasteiger charge is 2.06. The molecule has 0 spiro atoms. The minimum absolute atomic E-state index is 0.981. The molecule has 0 heterocycles. The first kappa shape index (κ1) is 16.0. The summed E-state index contributed by atoms with van der Waals surface area (Å²) in [5.74, 6) is 0.981. The Bertz CT molecular complexity index is 133. The SMILES string of the molecule is CCCCN(CC)CCCC(CC)CCC. The normalized spacial score (nSPS) is 13.3. The molecule has 0 amide bonds. The van der Waals surface area contributed by atoms with E-state index in [0.717, 1.165) is 5.92 Å². The maximum Gasteiger partial charge on any atom is -0.00188 e. The summed E-state index contributed by atoms with van der Waals surface area (Å²) in [6.07, 6.45) is 9.67. The Morgan fingerprint density at radius 2 is 1.50 bits per heavy atom. The smallest absolute Gasteiger partial charge is 0.00188 e. The van der Waals surface area contributed by atoms with Crippen molar-refractivity contribution in [2.45, 2.75) is 72.6 Å². The van der Waals surface area contributed by atoms with Gasteiger partial charge in [0, 0.05) is 0 Å². The van der Waals surface area contributed by atoms with Crippen molar-refractivity contribution in [1.82, 2.24) is 4.90 Å². The van der Waals surface area contributed by atoms with Crippen molar-refractivity contribution in [2.75, 3.05) is 19.6 Å². The second-order valence-corrected chi connectivity index (χ2v) is 4.99. The molecule has 98 valence electrons. The van der Waals surface area contributed by atoms with E-state index >= 15 is 0 Å². The Morgan fingerprint density at radius 3 is 2.00 bits per heavy atom. The molecular weight excluding hydrogens is 194 g/mol. The van der Waals surface area contributed by atoms with Crippen molar-refractivity contribution >= 4 is 0 Å². The topological polar surface area (TPSA) is 3.24 Å². The largest absolute Gasteiger partial charge is 0.304 e. The van der Waals surface area contributed by atoms with Crippen LogP contribution in [0.3, 0.4) is 0 Å². The summed E-state index contributed by atoms with van der Waals surface area (Å²) in [6, 6.07) is 0. The van der Waals surface area contributed by atoms with E-state index in [1.807, 2.05) is 0 Å². The summed E-state index contributed by atoms with van der Waals surface area (Å²) in [4.78, 5) is 2.61. The van der Waals surface area contributed by atoms with Gasteiger partial charge in [0.1, 0.15) is 0 Å². The molecule has 1 unspecified atom stereocenters. The van der Waals surface area contributed by atoms with Gasteiger partial charge in [-0.05, 0) is 44.8 Å². The predicted molar refractivity (Wildman–Crippen MR) is 74.9 cm³/mol. The number of nitrogens with zero attached hydrogens (tertiary/aromatic N) is 1. The maximum atomic E-state index is 2.61. The molecule has 0 radical (unpaired) electrons. The summed E-state index contributed by atoms with van der Waals surface area (Å²) in [5, 5.41) is 0. The molecule has 0 rings (SSSR count). The first-order valence-corrected chi connectivity index (χ1v) is 7.50. The van der Waals surface area contributed by atoms with Crippen LogP contribution in [0, 0.1) is 5.92 Å². The van der Waals surface area contributed by atoms with E-state index in [9.17, 15) is 0 Å². The first-order chi connectivity index (χ1) is 7.78. The van der Waals surface area contributed by atoms with Crippen LogP contribution >= 0.6 is 0 Å². The highest BCUT2D eigenvalue weighted by Crippen LogP contribution is 2.17. The lowest BCUT2D eigenvalue weighted by atomic mass is 9.95. The molecule has 0 aliphatic heterocycles. The third-order valence-electron chi connectivity index (χ3n) is 3.64. The second kappa shape index (κ2) is 11.4. The minimum Gasteiger partial charge on any atom is -0.304 e. The van der Waals surface area contributed by atoms with Gasteiger partial charge in [0.2, 0.25) is 0 Å². The average Bonchev–Trinajstić information content (AvgIpc) is 2.32. The molecule has 1 atom stereocenters. The van der Waals surface area contributed by atoms with Crippen LogP contribution in [-0.4, -0.2) is 24.5 Å². The Balaban J connectivity index is 3.58. The van der Waals surface area contributed by atoms with Crippen LogP contribution in [0.25, 0.3) is 0 Å². The zero-order chi connectivity index (χ0) is 12.2. The third kappa shape index (κ3) is 8.15. The Hall–Kier alpha value is -0.0400. The quantitative estimate of drug-likeness (QED) is 0.494. The van der Waals surface area contributed by atoms with Gasteiger partial charge >= 0.3 is 0 Å². The standard InChI is InChI=1S/C15H33N/c1-5-9-13-16(8-4)14-10-12-15(7-3)11-6-2/h15H,5-14H2,1-4H3. The Morgan fingerprint density at radius 1 is 0.812 bits per heavy atom. The molecule has 0 saturated heterocycles. The molecule has 0 aliphatic carbocycles. The van der Waals surface area contributed by atoms with Crippen LogP contribution in [0.2, 0.25) is 0 Å². The summed E-state index contributed by atoms with van der Waals surface area (Å²) in [6.45, 7) is 13.1. The van der Waals surface area contributed by atoms with Crippen molar-refractivity contribution in [3.8, 4) is 0 Å². The summed E-state index contributed by atoms with van der Waals surface area (Å²) in [5.41, 5.74) is 0. The highest BCUT2D eigenvalue weighted by molar-refractivity contribution is 4.60. The molecule has 0 aliphatic rings. The summed E-state index contributed by atoms with van der Waals surface area (Å²) >= 11 is 0. The predicted octanol–water partition coefficient (Wildman–Crippen LogP) is 4.71. The van der Waals surface area contributed by atoms with Crippen LogP contribution in [0.1, 0.15) is 72.6 Å². The molecule has 1 heteroatoms. The molecule has 0 fully saturated rings. The van der Waals surface area contributed by atoms with E-state index in [1.54, 1.807) is 0 Å². The van der Waals surface area contributed by atoms with Crippen molar-refractivity contribution in [1.29, 1.82) is 0 Å². The molecule has 0 aromatic heterocycles. The fraction of sp³-hybridized carbons (Fsp3) is 1.00. The van der Waals surface area contributed by atoms with Gasteiger partial charge in [-0.2, -0.15) is 0 Å². The van der Waals surface area contributed by atoms with Crippen LogP contribution in [0.4, 0.5) is 0 Å². The van der Waals surface area contributed by atoms with Gasteiger partial charge in [0.05, 0.1) is 0 Å². The van der Waals surface area contributed by atoms with Crippen molar-refractivity contribution in [3.05, 3.63) is 0 Å². The molecule has 0 N–H and O–H groups in total. The van der Waals surface area contributed by atoms with E-state index in [2.05, 4.69) is 32.6 Å². The van der Waals surface area contributed by atoms with Crippen molar-refractivity contribution in [3.63, 3.8) is 0 Å². The number of hydrogen-bond donors (Lipinski definition) is 0. The van der Waals surface area contributed by atoms with Gasteiger partial charge in [-0.3, -0.25) is 0 Å². The minimum atomic E-state index is 0.981. The lowest BCUT2D eigenvalue weighted by Gasteiger charge is -2.21. The zero-order valence-electron chi connectivity index (χ0n) is 12.1. The molecule has 16 heavy (non-hydrogen) atoms. The van der Waals surface area contributed by atoms with Crippen LogP contribution < -0.4 is 0 Å². The molecule has 0 aromatic rings. The van der Waals surface area contributed by atoms with Crippen molar-refractivity contribution in [2.24, 2.45) is 5.92 Å². The number of unbranched alkanes of at least 4 members (excludes halogenated alkanes) is 1. The van der Waals surface area contributed by atoms with E-state index in [1.165, 1.54) is 64.6 Å². The van der Waals surface area contributed by atoms with Gasteiger partial charge in [0.15, 0.2) is 0 Å². The number of hydrogen-bond acceptors (Lipinski definition) is 1. The lowest BCUT2D eigenvalue weighted by molar-refractivity contribution is 0.265. The first-order valence-electron chi connectivity index (χ1n) is 7.50. The molecule has 0 bridgehead atoms. The fourth-order valence-electron chi connectivity index (χ4n) is 2.37. The van der Waals surface area contributed by atoms with E-state index in [-0.39, 0.29) is 0 Å². The third-order valence-corrected chi connectivity index (χ3v) is 3.64. The van der Waals surface area contributed by atoms with Gasteiger partial charge in [-0.1, -0.05) is 53.4 Å². The van der Waals surface area contributed by atoms with Gasteiger partial charge in [-0.15, -0.1) is 0 Å². The zero-order valence-corrected chi connectivity index (χ0v) is 12.1. The van der Waals surface area contributed by atoms with E-state index < -0.39 is 0 Å². The number of rotatable bonds is 11. The van der Waals surface area contributed by atoms with Crippen LogP contribution in [-0.2, 0) is 0 Å². The summed E-state index contributed by atoms with van der Waals surface area (Å²) in [7, 11) is 0. The highest BCUT2D eigenvalue weighted by atomic mass is 15.1. The lowest BCUT2D eigenvalue weighted by Crippen LogP contribution is -2.26. The molecule has 0 aromatic carbocycles. The maximum absolute atomic E-state index is 2.61. The average molecular weight is 227 g/mol. The Kier molecular flexibility index (Phi) is 11.4. The summed E-state index contributed by atoms with van der Waals surface area (Å²) < 4.78 is 0. The monoisotopic (exact) mass is 227 g/mol.